The van der Waals surface area contributed by atoms with Gasteiger partial charge < -0.3 is 24.7 Å². The number of nitrogens with zero attached hydrogens (tertiary/aromatic N) is 2. The summed E-state index contributed by atoms with van der Waals surface area (Å²) >= 11 is 0. The maximum Gasteiger partial charge on any atom is 0.222 e. The Balaban J connectivity index is 0.00000341. The van der Waals surface area contributed by atoms with Crippen LogP contribution in [-0.2, 0) is 17.6 Å². The van der Waals surface area contributed by atoms with E-state index < -0.39 is 0 Å². The molecule has 2 heterocycles. The number of hydrogen-bond acceptors (Lipinski definition) is 4. The van der Waals surface area contributed by atoms with Gasteiger partial charge in [0.2, 0.25) is 5.91 Å². The Morgan fingerprint density at radius 3 is 2.74 bits per heavy atom. The second-order valence-corrected chi connectivity index (χ2v) is 7.41. The number of guanidine groups is 1. The van der Waals surface area contributed by atoms with Crippen LogP contribution < -0.4 is 15.4 Å². The first kappa shape index (κ1) is 25.0. The van der Waals surface area contributed by atoms with Gasteiger partial charge in [0.05, 0.1) is 13.4 Å². The van der Waals surface area contributed by atoms with E-state index in [2.05, 4.69) is 22.8 Å². The van der Waals surface area contributed by atoms with Crippen LogP contribution in [0, 0.1) is 0 Å². The SMILES string of the molecule is CCC(=O)N1CCC(NC(=NCCc2ccco2)NCCc2ccc(OC)cc2)C1.I. The van der Waals surface area contributed by atoms with Crippen LogP contribution in [0.25, 0.3) is 0 Å². The van der Waals surface area contributed by atoms with E-state index in [1.807, 2.05) is 36.1 Å². The molecule has 7 nitrogen and oxygen atoms in total. The molecule has 0 saturated carbocycles. The molecule has 1 aromatic heterocycles. The highest BCUT2D eigenvalue weighted by Crippen LogP contribution is 2.12. The molecule has 0 aliphatic carbocycles. The molecule has 2 aromatic rings. The molecule has 0 spiro atoms. The Hall–Kier alpha value is -2.23. The fraction of sp³-hybridized carbons (Fsp3) is 0.478. The van der Waals surface area contributed by atoms with Crippen molar-refractivity contribution in [2.75, 3.05) is 33.3 Å². The molecular formula is C23H33IN4O3. The van der Waals surface area contributed by atoms with Gasteiger partial charge in [0, 0.05) is 45.1 Å². The summed E-state index contributed by atoms with van der Waals surface area (Å²) < 4.78 is 10.6. The third-order valence-electron chi connectivity index (χ3n) is 5.26. The number of benzene rings is 1. The first-order valence-electron chi connectivity index (χ1n) is 10.7. The quantitative estimate of drug-likeness (QED) is 0.290. The number of methoxy groups -OCH3 is 1. The molecule has 1 aromatic carbocycles. The van der Waals surface area contributed by atoms with Gasteiger partial charge in [-0.15, -0.1) is 24.0 Å². The predicted octanol–water partition coefficient (Wildman–Crippen LogP) is 3.24. The third kappa shape index (κ3) is 8.08. The number of amides is 1. The molecule has 1 aliphatic heterocycles. The first-order valence-corrected chi connectivity index (χ1v) is 10.7. The smallest absolute Gasteiger partial charge is 0.222 e. The Kier molecular flexibility index (Phi) is 10.7. The van der Waals surface area contributed by atoms with Crippen LogP contribution in [-0.4, -0.2) is 56.1 Å². The zero-order chi connectivity index (χ0) is 21.2. The Bertz CT molecular complexity index is 809. The molecular weight excluding hydrogens is 507 g/mol. The van der Waals surface area contributed by atoms with Crippen molar-refractivity contribution in [1.29, 1.82) is 0 Å². The molecule has 1 aliphatic rings. The highest BCUT2D eigenvalue weighted by molar-refractivity contribution is 14.0. The van der Waals surface area contributed by atoms with E-state index in [1.54, 1.807) is 13.4 Å². The lowest BCUT2D eigenvalue weighted by atomic mass is 10.1. The minimum atomic E-state index is 0. The maximum atomic E-state index is 12.0. The van der Waals surface area contributed by atoms with E-state index in [-0.39, 0.29) is 35.9 Å². The van der Waals surface area contributed by atoms with Crippen molar-refractivity contribution >= 4 is 35.8 Å². The summed E-state index contributed by atoms with van der Waals surface area (Å²) in [5.74, 6) is 2.78. The lowest BCUT2D eigenvalue weighted by Gasteiger charge is -2.19. The summed E-state index contributed by atoms with van der Waals surface area (Å²) in [7, 11) is 1.67. The van der Waals surface area contributed by atoms with E-state index in [0.717, 1.165) is 56.4 Å². The second-order valence-electron chi connectivity index (χ2n) is 7.41. The van der Waals surface area contributed by atoms with E-state index in [1.165, 1.54) is 5.56 Å². The summed E-state index contributed by atoms with van der Waals surface area (Å²) in [6.45, 7) is 4.84. The number of rotatable bonds is 9. The fourth-order valence-corrected chi connectivity index (χ4v) is 3.52. The summed E-state index contributed by atoms with van der Waals surface area (Å²) in [5.41, 5.74) is 1.24. The minimum absolute atomic E-state index is 0. The molecule has 3 rings (SSSR count). The number of halogens is 1. The lowest BCUT2D eigenvalue weighted by Crippen LogP contribution is -2.45. The summed E-state index contributed by atoms with van der Waals surface area (Å²) in [5, 5.41) is 6.94. The average molecular weight is 540 g/mol. The molecule has 0 bridgehead atoms. The van der Waals surface area contributed by atoms with Gasteiger partial charge >= 0.3 is 0 Å². The molecule has 1 saturated heterocycles. The van der Waals surface area contributed by atoms with Crippen molar-refractivity contribution in [1.82, 2.24) is 15.5 Å². The molecule has 1 fully saturated rings. The van der Waals surface area contributed by atoms with Gasteiger partial charge in [0.1, 0.15) is 11.5 Å². The molecule has 170 valence electrons. The Labute approximate surface area is 201 Å². The molecule has 1 atom stereocenters. The van der Waals surface area contributed by atoms with Crippen molar-refractivity contribution in [3.63, 3.8) is 0 Å². The average Bonchev–Trinajstić information content (AvgIpc) is 3.46. The van der Waals surface area contributed by atoms with E-state index in [9.17, 15) is 4.79 Å². The van der Waals surface area contributed by atoms with Gasteiger partial charge in [0.15, 0.2) is 5.96 Å². The Morgan fingerprint density at radius 2 is 2.06 bits per heavy atom. The van der Waals surface area contributed by atoms with Gasteiger partial charge in [-0.2, -0.15) is 0 Å². The highest BCUT2D eigenvalue weighted by atomic mass is 127. The van der Waals surface area contributed by atoms with Gasteiger partial charge in [-0.3, -0.25) is 9.79 Å². The van der Waals surface area contributed by atoms with Crippen LogP contribution in [0.5, 0.6) is 5.75 Å². The van der Waals surface area contributed by atoms with E-state index in [0.29, 0.717) is 13.0 Å². The topological polar surface area (TPSA) is 79.1 Å². The van der Waals surface area contributed by atoms with Crippen LogP contribution in [0.3, 0.4) is 0 Å². The van der Waals surface area contributed by atoms with Gasteiger partial charge in [-0.05, 0) is 42.7 Å². The fourth-order valence-electron chi connectivity index (χ4n) is 3.52. The number of carbonyl (C=O) groups is 1. The number of carbonyl (C=O) groups excluding carboxylic acids is 1. The maximum absolute atomic E-state index is 12.0. The number of likely N-dealkylation sites (tertiary alicyclic amines) is 1. The number of ether oxygens (including phenoxy) is 1. The number of nitrogens with one attached hydrogen (secondary N) is 2. The van der Waals surface area contributed by atoms with Crippen LogP contribution in [0.2, 0.25) is 0 Å². The Morgan fingerprint density at radius 1 is 1.26 bits per heavy atom. The molecule has 0 radical (unpaired) electrons. The van der Waals surface area contributed by atoms with Crippen LogP contribution in [0.1, 0.15) is 31.1 Å². The van der Waals surface area contributed by atoms with Crippen molar-refractivity contribution < 1.29 is 13.9 Å². The molecule has 1 unspecified atom stereocenters. The van der Waals surface area contributed by atoms with Crippen LogP contribution in [0.4, 0.5) is 0 Å². The van der Waals surface area contributed by atoms with Crippen LogP contribution in [0.15, 0.2) is 52.1 Å². The predicted molar refractivity (Wildman–Crippen MR) is 133 cm³/mol. The van der Waals surface area contributed by atoms with Crippen molar-refractivity contribution in [2.45, 2.75) is 38.6 Å². The normalized spacial score (nSPS) is 16.0. The van der Waals surface area contributed by atoms with E-state index in [4.69, 9.17) is 14.1 Å². The second kappa shape index (κ2) is 13.2. The van der Waals surface area contributed by atoms with E-state index >= 15 is 0 Å². The van der Waals surface area contributed by atoms with Gasteiger partial charge in [-0.25, -0.2) is 0 Å². The number of hydrogen-bond donors (Lipinski definition) is 2. The van der Waals surface area contributed by atoms with Crippen molar-refractivity contribution in [3.8, 4) is 5.75 Å². The third-order valence-corrected chi connectivity index (χ3v) is 5.26. The summed E-state index contributed by atoms with van der Waals surface area (Å²) in [4.78, 5) is 18.6. The zero-order valence-corrected chi connectivity index (χ0v) is 20.6. The summed E-state index contributed by atoms with van der Waals surface area (Å²) in [6, 6.07) is 12.2. The molecule has 8 heteroatoms. The summed E-state index contributed by atoms with van der Waals surface area (Å²) in [6.07, 6.45) is 4.81. The first-order chi connectivity index (χ1) is 14.7. The highest BCUT2D eigenvalue weighted by Gasteiger charge is 2.25. The van der Waals surface area contributed by atoms with Gasteiger partial charge in [-0.1, -0.05) is 19.1 Å². The van der Waals surface area contributed by atoms with Gasteiger partial charge in [0.25, 0.3) is 0 Å². The monoisotopic (exact) mass is 540 g/mol. The molecule has 1 amide bonds. The molecule has 2 N–H and O–H groups in total. The number of aliphatic imine (C=N–C) groups is 1. The zero-order valence-electron chi connectivity index (χ0n) is 18.3. The largest absolute Gasteiger partial charge is 0.497 e. The number of furan rings is 1. The minimum Gasteiger partial charge on any atom is -0.497 e. The van der Waals surface area contributed by atoms with Crippen molar-refractivity contribution in [2.24, 2.45) is 4.99 Å². The lowest BCUT2D eigenvalue weighted by molar-refractivity contribution is -0.129. The standard InChI is InChI=1S/C23H32N4O3.HI/c1-3-22(28)27-15-12-19(17-27)26-23(25-14-11-21-5-4-16-30-21)24-13-10-18-6-8-20(29-2)9-7-18;/h4-9,16,19H,3,10-15,17H2,1-2H3,(H2,24,25,26);1H. The van der Waals surface area contributed by atoms with Crippen LogP contribution >= 0.6 is 24.0 Å². The molecule has 31 heavy (non-hydrogen) atoms. The van der Waals surface area contributed by atoms with Crippen molar-refractivity contribution in [3.05, 3.63) is 54.0 Å².